The predicted octanol–water partition coefficient (Wildman–Crippen LogP) is 3.83. The van der Waals surface area contributed by atoms with Crippen molar-refractivity contribution in [1.29, 1.82) is 0 Å². The zero-order valence-corrected chi connectivity index (χ0v) is 12.3. The first-order valence-corrected chi connectivity index (χ1v) is 7.12. The molecule has 0 amide bonds. The maximum absolute atomic E-state index is 6.38. The van der Waals surface area contributed by atoms with Gasteiger partial charge in [-0.15, -0.1) is 11.6 Å². The summed E-state index contributed by atoms with van der Waals surface area (Å²) in [6.45, 7) is 6.09. The lowest BCUT2D eigenvalue weighted by molar-refractivity contribution is 0.413. The van der Waals surface area contributed by atoms with Crippen LogP contribution in [0.5, 0.6) is 5.75 Å². The molecule has 1 aromatic rings. The van der Waals surface area contributed by atoms with Crippen molar-refractivity contribution in [3.8, 4) is 5.75 Å². The van der Waals surface area contributed by atoms with Gasteiger partial charge in [0.2, 0.25) is 0 Å². The number of hydrogen-bond donors (Lipinski definition) is 1. The lowest BCUT2D eigenvalue weighted by Gasteiger charge is -2.19. The second-order valence-corrected chi connectivity index (χ2v) is 5.14. The Morgan fingerprint density at radius 1 is 1.28 bits per heavy atom. The Balaban J connectivity index is 2.36. The number of nitrogens with one attached hydrogen (secondary N) is 1. The summed E-state index contributed by atoms with van der Waals surface area (Å²) in [5, 5.41) is 3.63. The van der Waals surface area contributed by atoms with Gasteiger partial charge in [0.25, 0.3) is 0 Å². The van der Waals surface area contributed by atoms with E-state index in [0.717, 1.165) is 31.7 Å². The quantitative estimate of drug-likeness (QED) is 0.725. The normalized spacial score (nSPS) is 12.7. The number of rotatable bonds is 8. The molecule has 2 nitrogen and oxygen atoms in total. The number of benzene rings is 1. The van der Waals surface area contributed by atoms with Crippen LogP contribution in [0.15, 0.2) is 24.3 Å². The molecule has 1 rings (SSSR count). The number of methoxy groups -OCH3 is 1. The summed E-state index contributed by atoms with van der Waals surface area (Å²) in [6.07, 6.45) is 2.29. The minimum absolute atomic E-state index is 0.214. The highest BCUT2D eigenvalue weighted by atomic mass is 35.5. The Hall–Kier alpha value is -0.730. The van der Waals surface area contributed by atoms with E-state index in [0.29, 0.717) is 5.92 Å². The average molecular weight is 270 g/mol. The second kappa shape index (κ2) is 8.39. The van der Waals surface area contributed by atoms with Gasteiger partial charge in [-0.2, -0.15) is 0 Å². The van der Waals surface area contributed by atoms with Gasteiger partial charge in [0.15, 0.2) is 0 Å². The highest BCUT2D eigenvalue weighted by Crippen LogP contribution is 2.18. The summed E-state index contributed by atoms with van der Waals surface area (Å²) in [5.41, 5.74) is 1.22. The predicted molar refractivity (Wildman–Crippen MR) is 78.4 cm³/mol. The molecule has 1 atom stereocenters. The molecule has 0 spiro atoms. The molecule has 102 valence electrons. The monoisotopic (exact) mass is 269 g/mol. The fourth-order valence-corrected chi connectivity index (χ4v) is 2.57. The van der Waals surface area contributed by atoms with E-state index in [1.165, 1.54) is 5.56 Å². The third-order valence-electron chi connectivity index (χ3n) is 3.36. The highest BCUT2D eigenvalue weighted by molar-refractivity contribution is 6.21. The molecule has 0 fully saturated rings. The molecular weight excluding hydrogens is 246 g/mol. The van der Waals surface area contributed by atoms with Crippen molar-refractivity contribution in [3.63, 3.8) is 0 Å². The van der Waals surface area contributed by atoms with E-state index in [4.69, 9.17) is 16.3 Å². The number of halogens is 1. The van der Waals surface area contributed by atoms with Crippen molar-refractivity contribution < 1.29 is 4.74 Å². The van der Waals surface area contributed by atoms with Crippen molar-refractivity contribution in [2.75, 3.05) is 13.7 Å². The Labute approximate surface area is 116 Å². The van der Waals surface area contributed by atoms with E-state index in [-0.39, 0.29) is 5.38 Å². The van der Waals surface area contributed by atoms with Crippen LogP contribution in [0.3, 0.4) is 0 Å². The molecule has 3 heteroatoms. The van der Waals surface area contributed by atoms with Crippen LogP contribution in [0.25, 0.3) is 0 Å². The van der Waals surface area contributed by atoms with E-state index < -0.39 is 0 Å². The Bertz CT molecular complexity index is 339. The average Bonchev–Trinajstić information content (AvgIpc) is 2.40. The molecule has 0 aliphatic rings. The minimum atomic E-state index is 0.214. The smallest absolute Gasteiger partial charge is 0.119 e. The molecule has 1 N–H and O–H groups in total. The maximum Gasteiger partial charge on any atom is 0.119 e. The zero-order valence-electron chi connectivity index (χ0n) is 11.6. The van der Waals surface area contributed by atoms with Crippen LogP contribution in [0.2, 0.25) is 0 Å². The van der Waals surface area contributed by atoms with Gasteiger partial charge in [0.1, 0.15) is 5.75 Å². The number of alkyl halides is 1. The first kappa shape index (κ1) is 15.3. The van der Waals surface area contributed by atoms with Crippen molar-refractivity contribution in [2.45, 2.75) is 38.6 Å². The molecule has 0 saturated carbocycles. The molecular formula is C15H24ClNO. The standard InChI is InChI=1S/C15H24ClNO/c1-4-13(5-2)15(16)11-17-10-12-7-6-8-14(9-12)18-3/h6-9,13,15,17H,4-5,10-11H2,1-3H3. The van der Waals surface area contributed by atoms with Crippen LogP contribution in [0.1, 0.15) is 32.3 Å². The van der Waals surface area contributed by atoms with Gasteiger partial charge in [-0.25, -0.2) is 0 Å². The topological polar surface area (TPSA) is 21.3 Å². The molecule has 0 aliphatic heterocycles. The summed E-state index contributed by atoms with van der Waals surface area (Å²) in [6, 6.07) is 8.11. The second-order valence-electron chi connectivity index (χ2n) is 4.57. The minimum Gasteiger partial charge on any atom is -0.497 e. The molecule has 18 heavy (non-hydrogen) atoms. The molecule has 0 saturated heterocycles. The largest absolute Gasteiger partial charge is 0.497 e. The fourth-order valence-electron chi connectivity index (χ4n) is 2.10. The number of hydrogen-bond acceptors (Lipinski definition) is 2. The zero-order chi connectivity index (χ0) is 13.4. The van der Waals surface area contributed by atoms with Gasteiger partial charge >= 0.3 is 0 Å². The van der Waals surface area contributed by atoms with Gasteiger partial charge in [-0.3, -0.25) is 0 Å². The van der Waals surface area contributed by atoms with Crippen LogP contribution in [-0.2, 0) is 6.54 Å². The van der Waals surface area contributed by atoms with Crippen molar-refractivity contribution >= 4 is 11.6 Å². The van der Waals surface area contributed by atoms with Gasteiger partial charge in [0, 0.05) is 18.5 Å². The van der Waals surface area contributed by atoms with Crippen LogP contribution in [-0.4, -0.2) is 19.0 Å². The summed E-state index contributed by atoms with van der Waals surface area (Å²) in [7, 11) is 1.69. The molecule has 0 heterocycles. The first-order valence-electron chi connectivity index (χ1n) is 6.68. The van der Waals surface area contributed by atoms with Crippen LogP contribution in [0, 0.1) is 5.92 Å². The van der Waals surface area contributed by atoms with E-state index in [1.807, 2.05) is 18.2 Å². The third kappa shape index (κ3) is 4.87. The van der Waals surface area contributed by atoms with Crippen molar-refractivity contribution in [2.24, 2.45) is 5.92 Å². The Morgan fingerprint density at radius 3 is 2.61 bits per heavy atom. The molecule has 0 aromatic heterocycles. The highest BCUT2D eigenvalue weighted by Gasteiger charge is 2.14. The van der Waals surface area contributed by atoms with Gasteiger partial charge in [0.05, 0.1) is 7.11 Å². The van der Waals surface area contributed by atoms with Gasteiger partial charge in [-0.1, -0.05) is 38.8 Å². The SMILES string of the molecule is CCC(CC)C(Cl)CNCc1cccc(OC)c1. The van der Waals surface area contributed by atoms with Crippen LogP contribution in [0.4, 0.5) is 0 Å². The molecule has 1 aromatic carbocycles. The molecule has 1 unspecified atom stereocenters. The Morgan fingerprint density at radius 2 is 2.00 bits per heavy atom. The third-order valence-corrected chi connectivity index (χ3v) is 3.87. The summed E-state index contributed by atoms with van der Waals surface area (Å²) in [5.74, 6) is 1.50. The Kier molecular flexibility index (Phi) is 7.14. The van der Waals surface area contributed by atoms with Crippen molar-refractivity contribution in [1.82, 2.24) is 5.32 Å². The summed E-state index contributed by atoms with van der Waals surface area (Å²) in [4.78, 5) is 0. The molecule has 0 bridgehead atoms. The lowest BCUT2D eigenvalue weighted by Crippen LogP contribution is -2.28. The van der Waals surface area contributed by atoms with Gasteiger partial charge < -0.3 is 10.1 Å². The van der Waals surface area contributed by atoms with Crippen LogP contribution < -0.4 is 10.1 Å². The fraction of sp³-hybridized carbons (Fsp3) is 0.600. The van der Waals surface area contributed by atoms with Crippen molar-refractivity contribution in [3.05, 3.63) is 29.8 Å². The van der Waals surface area contributed by atoms with Gasteiger partial charge in [-0.05, 0) is 23.6 Å². The maximum atomic E-state index is 6.38. The van der Waals surface area contributed by atoms with Crippen LogP contribution >= 0.6 is 11.6 Å². The first-order chi connectivity index (χ1) is 8.71. The molecule has 0 radical (unpaired) electrons. The summed E-state index contributed by atoms with van der Waals surface area (Å²) < 4.78 is 5.20. The van der Waals surface area contributed by atoms with E-state index >= 15 is 0 Å². The molecule has 0 aliphatic carbocycles. The lowest BCUT2D eigenvalue weighted by atomic mass is 9.99. The van der Waals surface area contributed by atoms with E-state index in [9.17, 15) is 0 Å². The van der Waals surface area contributed by atoms with E-state index in [1.54, 1.807) is 7.11 Å². The summed E-state index contributed by atoms with van der Waals surface area (Å²) >= 11 is 6.38. The number of ether oxygens (including phenoxy) is 1. The van der Waals surface area contributed by atoms with E-state index in [2.05, 4.69) is 25.2 Å².